The minimum atomic E-state index is -0.243. The molecule has 4 nitrogen and oxygen atoms in total. The van der Waals surface area contributed by atoms with Gasteiger partial charge < -0.3 is 9.64 Å². The van der Waals surface area contributed by atoms with Crippen LogP contribution in [0.5, 0.6) is 5.88 Å². The molecule has 154 valence electrons. The fourth-order valence-electron chi connectivity index (χ4n) is 3.61. The number of aromatic nitrogens is 2. The molecule has 0 radical (unpaired) electrons. The van der Waals surface area contributed by atoms with E-state index in [1.165, 1.54) is 44.5 Å². The Labute approximate surface area is 177 Å². The van der Waals surface area contributed by atoms with Crippen molar-refractivity contribution in [3.8, 4) is 17.0 Å². The molecule has 6 heteroatoms. The molecule has 0 spiro atoms. The van der Waals surface area contributed by atoms with Crippen LogP contribution < -0.4 is 4.74 Å². The first-order valence-corrected chi connectivity index (χ1v) is 10.0. The normalized spacial score (nSPS) is 14.4. The van der Waals surface area contributed by atoms with Crippen molar-refractivity contribution >= 4 is 12.4 Å². The lowest BCUT2D eigenvalue weighted by Gasteiger charge is -2.26. The van der Waals surface area contributed by atoms with Gasteiger partial charge in [-0.3, -0.25) is 4.68 Å². The Morgan fingerprint density at radius 1 is 0.897 bits per heavy atom. The van der Waals surface area contributed by atoms with Crippen LogP contribution in [0.2, 0.25) is 0 Å². The van der Waals surface area contributed by atoms with E-state index in [9.17, 15) is 4.39 Å². The van der Waals surface area contributed by atoms with Gasteiger partial charge in [0.25, 0.3) is 0 Å². The molecule has 1 saturated heterocycles. The second-order valence-corrected chi connectivity index (χ2v) is 7.29. The van der Waals surface area contributed by atoms with Gasteiger partial charge in [0.2, 0.25) is 5.88 Å². The number of halogens is 2. The van der Waals surface area contributed by atoms with E-state index in [4.69, 9.17) is 4.74 Å². The van der Waals surface area contributed by atoms with Crippen LogP contribution in [0.3, 0.4) is 0 Å². The fourth-order valence-corrected chi connectivity index (χ4v) is 3.61. The van der Waals surface area contributed by atoms with Gasteiger partial charge in [-0.1, -0.05) is 48.9 Å². The van der Waals surface area contributed by atoms with Crippen LogP contribution in [0.25, 0.3) is 11.1 Å². The number of hydrogen-bond donors (Lipinski definition) is 0. The Bertz CT molecular complexity index is 877. The summed E-state index contributed by atoms with van der Waals surface area (Å²) in [5.41, 5.74) is 2.90. The van der Waals surface area contributed by atoms with Gasteiger partial charge in [-0.05, 0) is 49.2 Å². The summed E-state index contributed by atoms with van der Waals surface area (Å²) in [4.78, 5) is 2.49. The van der Waals surface area contributed by atoms with Crippen LogP contribution >= 0.6 is 12.4 Å². The molecule has 29 heavy (non-hydrogen) atoms. The van der Waals surface area contributed by atoms with E-state index in [0.29, 0.717) is 12.5 Å². The molecule has 0 aliphatic carbocycles. The molecule has 1 aromatic heterocycles. The smallest absolute Gasteiger partial charge is 0.241 e. The highest BCUT2D eigenvalue weighted by molar-refractivity contribution is 5.85. The molecule has 0 atom stereocenters. The third kappa shape index (κ3) is 5.81. The summed E-state index contributed by atoms with van der Waals surface area (Å²) in [7, 11) is 0. The summed E-state index contributed by atoms with van der Waals surface area (Å²) in [5, 5.41) is 4.68. The minimum absolute atomic E-state index is 0. The number of nitrogens with zero attached hydrogens (tertiary/aromatic N) is 3. The maximum atomic E-state index is 13.3. The Morgan fingerprint density at radius 2 is 1.62 bits per heavy atom. The topological polar surface area (TPSA) is 30.3 Å². The third-order valence-corrected chi connectivity index (χ3v) is 5.20. The molecule has 1 aliphatic heterocycles. The Morgan fingerprint density at radius 3 is 2.34 bits per heavy atom. The van der Waals surface area contributed by atoms with E-state index in [1.54, 1.807) is 12.1 Å². The molecular formula is C23H27ClFN3O. The predicted molar refractivity (Wildman–Crippen MR) is 116 cm³/mol. The maximum Gasteiger partial charge on any atom is 0.241 e. The fraction of sp³-hybridized carbons (Fsp3) is 0.348. The van der Waals surface area contributed by atoms with Gasteiger partial charge in [0, 0.05) is 12.7 Å². The van der Waals surface area contributed by atoms with Crippen LogP contribution in [0.1, 0.15) is 24.8 Å². The molecule has 0 saturated carbocycles. The number of ether oxygens (including phenoxy) is 1. The van der Waals surface area contributed by atoms with Gasteiger partial charge in [0.15, 0.2) is 0 Å². The van der Waals surface area contributed by atoms with Crippen LogP contribution in [-0.4, -0.2) is 34.3 Å². The van der Waals surface area contributed by atoms with Crippen molar-refractivity contribution in [2.24, 2.45) is 0 Å². The van der Waals surface area contributed by atoms with Gasteiger partial charge in [-0.25, -0.2) is 4.39 Å². The van der Waals surface area contributed by atoms with Crippen LogP contribution in [-0.2, 0) is 13.2 Å². The monoisotopic (exact) mass is 415 g/mol. The number of piperidine rings is 1. The van der Waals surface area contributed by atoms with E-state index in [1.807, 2.05) is 41.2 Å². The molecule has 0 unspecified atom stereocenters. The average Bonchev–Trinajstić information content (AvgIpc) is 3.16. The molecule has 4 rings (SSSR count). The lowest BCUT2D eigenvalue weighted by Crippen LogP contribution is -2.32. The summed E-state index contributed by atoms with van der Waals surface area (Å²) in [6.07, 6.45) is 5.92. The third-order valence-electron chi connectivity index (χ3n) is 5.20. The summed E-state index contributed by atoms with van der Waals surface area (Å²) in [5.74, 6) is 0.349. The quantitative estimate of drug-likeness (QED) is 0.533. The standard InChI is InChI=1S/C23H26FN3O.ClH/c24-21-11-9-20(10-12-21)22-17-27(16-15-26-13-5-2-6-14-26)25-23(22)28-18-19-7-3-1-4-8-19;/h1,3-4,7-12,17H,2,5-6,13-16,18H2;1H. The first-order valence-electron chi connectivity index (χ1n) is 10.0. The van der Waals surface area contributed by atoms with Crippen molar-refractivity contribution in [3.63, 3.8) is 0 Å². The zero-order chi connectivity index (χ0) is 19.2. The molecule has 0 bridgehead atoms. The highest BCUT2D eigenvalue weighted by Crippen LogP contribution is 2.29. The molecular weight excluding hydrogens is 389 g/mol. The van der Waals surface area contributed by atoms with Crippen molar-refractivity contribution in [1.82, 2.24) is 14.7 Å². The van der Waals surface area contributed by atoms with Gasteiger partial charge in [-0.15, -0.1) is 17.5 Å². The minimum Gasteiger partial charge on any atom is -0.471 e. The molecule has 0 amide bonds. The highest BCUT2D eigenvalue weighted by atomic mass is 35.5. The Hall–Kier alpha value is -2.37. The zero-order valence-electron chi connectivity index (χ0n) is 16.5. The van der Waals surface area contributed by atoms with Crippen LogP contribution in [0.4, 0.5) is 4.39 Å². The van der Waals surface area contributed by atoms with Gasteiger partial charge >= 0.3 is 0 Å². The first-order chi connectivity index (χ1) is 13.8. The number of benzene rings is 2. The van der Waals surface area contributed by atoms with Crippen molar-refractivity contribution < 1.29 is 9.13 Å². The first kappa shape index (κ1) is 21.3. The SMILES string of the molecule is Cl.Fc1ccc(-c2cn(CCN3CCCCC3)nc2OCc2ccccc2)cc1. The average molecular weight is 416 g/mol. The van der Waals surface area contributed by atoms with E-state index in [2.05, 4.69) is 10.00 Å². The maximum absolute atomic E-state index is 13.3. The van der Waals surface area contributed by atoms with E-state index < -0.39 is 0 Å². The summed E-state index contributed by atoms with van der Waals surface area (Å²) in [6, 6.07) is 16.5. The van der Waals surface area contributed by atoms with Crippen molar-refractivity contribution in [2.75, 3.05) is 19.6 Å². The van der Waals surface area contributed by atoms with Crippen LogP contribution in [0.15, 0.2) is 60.8 Å². The largest absolute Gasteiger partial charge is 0.471 e. The molecule has 1 aliphatic rings. The number of hydrogen-bond acceptors (Lipinski definition) is 3. The van der Waals surface area contributed by atoms with E-state index in [0.717, 1.165) is 29.8 Å². The highest BCUT2D eigenvalue weighted by Gasteiger charge is 2.15. The summed E-state index contributed by atoms with van der Waals surface area (Å²) < 4.78 is 21.3. The van der Waals surface area contributed by atoms with Crippen molar-refractivity contribution in [1.29, 1.82) is 0 Å². The molecule has 3 aromatic rings. The summed E-state index contributed by atoms with van der Waals surface area (Å²) >= 11 is 0. The molecule has 0 N–H and O–H groups in total. The number of rotatable bonds is 7. The predicted octanol–water partition coefficient (Wildman–Crippen LogP) is 5.18. The second kappa shape index (κ2) is 10.4. The zero-order valence-corrected chi connectivity index (χ0v) is 17.3. The second-order valence-electron chi connectivity index (χ2n) is 7.29. The lowest BCUT2D eigenvalue weighted by atomic mass is 10.1. The van der Waals surface area contributed by atoms with Crippen LogP contribution in [0, 0.1) is 5.82 Å². The summed E-state index contributed by atoms with van der Waals surface area (Å²) in [6.45, 7) is 4.61. The molecule has 2 heterocycles. The van der Waals surface area contributed by atoms with Gasteiger partial charge in [-0.2, -0.15) is 0 Å². The van der Waals surface area contributed by atoms with E-state index >= 15 is 0 Å². The Kier molecular flexibility index (Phi) is 7.67. The lowest BCUT2D eigenvalue weighted by molar-refractivity contribution is 0.216. The molecule has 1 fully saturated rings. The molecule has 2 aromatic carbocycles. The van der Waals surface area contributed by atoms with Crippen molar-refractivity contribution in [3.05, 3.63) is 72.2 Å². The Balaban J connectivity index is 0.00000240. The van der Waals surface area contributed by atoms with Crippen molar-refractivity contribution in [2.45, 2.75) is 32.4 Å². The van der Waals surface area contributed by atoms with Gasteiger partial charge in [0.1, 0.15) is 12.4 Å². The number of likely N-dealkylation sites (tertiary alicyclic amines) is 1. The van der Waals surface area contributed by atoms with Gasteiger partial charge in [0.05, 0.1) is 12.1 Å². The van der Waals surface area contributed by atoms with E-state index in [-0.39, 0.29) is 18.2 Å².